The number of esters is 2. The molecule has 3 aromatic rings. The molecule has 4 rings (SSSR count). The smallest absolute Gasteiger partial charge is 0.338 e. The topological polar surface area (TPSA) is 90.2 Å². The minimum atomic E-state index is -0.421. The highest BCUT2D eigenvalue weighted by atomic mass is 32.2. The van der Waals surface area contributed by atoms with Crippen molar-refractivity contribution in [3.05, 3.63) is 70.8 Å². The quantitative estimate of drug-likeness (QED) is 0.331. The van der Waals surface area contributed by atoms with E-state index in [1.165, 1.54) is 16.7 Å². The van der Waals surface area contributed by atoms with E-state index < -0.39 is 5.97 Å². The van der Waals surface area contributed by atoms with Crippen LogP contribution < -0.4 is 0 Å². The molecule has 0 spiro atoms. The number of hydrogen-bond acceptors (Lipinski definition) is 7. The van der Waals surface area contributed by atoms with Crippen molar-refractivity contribution in [1.82, 2.24) is 9.47 Å². The summed E-state index contributed by atoms with van der Waals surface area (Å²) in [5.41, 5.74) is 2.63. The molecule has 1 aliphatic heterocycles. The number of amides is 1. The van der Waals surface area contributed by atoms with Crippen LogP contribution in [0, 0.1) is 0 Å². The highest BCUT2D eigenvalue weighted by Crippen LogP contribution is 2.35. The summed E-state index contributed by atoms with van der Waals surface area (Å²) in [6.07, 6.45) is 3.44. The molecule has 0 bridgehead atoms. The lowest BCUT2D eigenvalue weighted by molar-refractivity contribution is -0.143. The third-order valence-electron chi connectivity index (χ3n) is 5.36. The Kier molecular flexibility index (Phi) is 7.59. The molecule has 2 aromatic carbocycles. The molecule has 0 N–H and O–H groups in total. The number of likely N-dealkylation sites (N-methyl/N-ethyl adjacent to an activating group) is 1. The Balaban J connectivity index is 1.63. The Labute approximate surface area is 213 Å². The average molecular weight is 506 g/mol. The van der Waals surface area contributed by atoms with E-state index in [0.717, 1.165) is 16.5 Å². The van der Waals surface area contributed by atoms with Crippen LogP contribution in [0.25, 0.3) is 17.0 Å². The lowest BCUT2D eigenvalue weighted by Crippen LogP contribution is -2.23. The monoisotopic (exact) mass is 505 g/mol. The van der Waals surface area contributed by atoms with Crippen LogP contribution in [0.5, 0.6) is 0 Å². The first-order valence-electron chi connectivity index (χ1n) is 11.6. The molecular weight excluding hydrogens is 478 g/mol. The maximum atomic E-state index is 13.0. The molecule has 9 heteroatoms. The molecule has 1 fully saturated rings. The first-order chi connectivity index (χ1) is 17.3. The summed E-state index contributed by atoms with van der Waals surface area (Å²) in [6.45, 7) is 5.75. The number of hydrogen-bond donors (Lipinski definition) is 0. The summed E-state index contributed by atoms with van der Waals surface area (Å²) < 4.78 is 12.2. The van der Waals surface area contributed by atoms with Crippen LogP contribution in [0.15, 0.2) is 64.6 Å². The summed E-state index contributed by atoms with van der Waals surface area (Å²) in [6, 6.07) is 14.5. The van der Waals surface area contributed by atoms with Gasteiger partial charge in [0, 0.05) is 29.7 Å². The van der Waals surface area contributed by atoms with Gasteiger partial charge in [-0.15, -0.1) is 0 Å². The van der Waals surface area contributed by atoms with Crippen molar-refractivity contribution < 1.29 is 23.9 Å². The molecule has 1 aliphatic rings. The number of thioether (sulfide) groups is 1. The second-order valence-corrected chi connectivity index (χ2v) is 9.42. The summed E-state index contributed by atoms with van der Waals surface area (Å²) in [5, 5.41) is 1.42. The van der Waals surface area contributed by atoms with Crippen molar-refractivity contribution in [2.24, 2.45) is 4.99 Å². The fraction of sp³-hybridized carbons (Fsp3) is 0.259. The number of carbonyl (C=O) groups is 3. The van der Waals surface area contributed by atoms with Gasteiger partial charge in [0.1, 0.15) is 6.54 Å². The van der Waals surface area contributed by atoms with Crippen LogP contribution in [-0.4, -0.2) is 52.2 Å². The third-order valence-corrected chi connectivity index (χ3v) is 6.42. The lowest BCUT2D eigenvalue weighted by atomic mass is 10.1. The number of carbonyl (C=O) groups excluding carboxylic acids is 3. The zero-order valence-electron chi connectivity index (χ0n) is 20.6. The number of fused-ring (bicyclic) bond motifs is 1. The van der Waals surface area contributed by atoms with Gasteiger partial charge in [-0.05, 0) is 62.9 Å². The van der Waals surface area contributed by atoms with Gasteiger partial charge in [-0.25, -0.2) is 9.79 Å². The zero-order chi connectivity index (χ0) is 25.8. The third kappa shape index (κ3) is 5.52. The summed E-state index contributed by atoms with van der Waals surface area (Å²) in [7, 11) is 1.66. The van der Waals surface area contributed by atoms with Crippen molar-refractivity contribution in [1.29, 1.82) is 0 Å². The number of rotatable bonds is 7. The van der Waals surface area contributed by atoms with Crippen LogP contribution in [0.4, 0.5) is 5.69 Å². The number of aliphatic imine (C=N–C) groups is 1. The number of benzene rings is 2. The van der Waals surface area contributed by atoms with Gasteiger partial charge in [0.15, 0.2) is 5.17 Å². The van der Waals surface area contributed by atoms with Crippen LogP contribution >= 0.6 is 11.8 Å². The molecule has 0 aliphatic carbocycles. The Morgan fingerprint density at radius 1 is 1.14 bits per heavy atom. The minimum Gasteiger partial charge on any atom is -0.465 e. The number of amidine groups is 1. The molecule has 0 unspecified atom stereocenters. The van der Waals surface area contributed by atoms with E-state index >= 15 is 0 Å². The molecule has 186 valence electrons. The predicted octanol–water partition coefficient (Wildman–Crippen LogP) is 5.00. The Bertz CT molecular complexity index is 1390. The van der Waals surface area contributed by atoms with Gasteiger partial charge in [0.2, 0.25) is 0 Å². The van der Waals surface area contributed by atoms with Gasteiger partial charge in [-0.3, -0.25) is 14.5 Å². The molecule has 0 atom stereocenters. The summed E-state index contributed by atoms with van der Waals surface area (Å²) in [4.78, 5) is 43.9. The lowest BCUT2D eigenvalue weighted by Gasteiger charge is -2.09. The van der Waals surface area contributed by atoms with Gasteiger partial charge in [-0.1, -0.05) is 24.3 Å². The van der Waals surface area contributed by atoms with Gasteiger partial charge in [-0.2, -0.15) is 0 Å². The van der Waals surface area contributed by atoms with E-state index in [2.05, 4.69) is 4.99 Å². The second kappa shape index (κ2) is 10.8. The molecule has 0 radical (unpaired) electrons. The van der Waals surface area contributed by atoms with E-state index in [1.54, 1.807) is 52.1 Å². The maximum Gasteiger partial charge on any atom is 0.338 e. The van der Waals surface area contributed by atoms with Crippen molar-refractivity contribution >= 4 is 57.4 Å². The van der Waals surface area contributed by atoms with Gasteiger partial charge >= 0.3 is 11.9 Å². The van der Waals surface area contributed by atoms with E-state index in [4.69, 9.17) is 9.47 Å². The van der Waals surface area contributed by atoms with Crippen molar-refractivity contribution in [2.75, 3.05) is 13.7 Å². The normalized spacial score (nSPS) is 15.9. The SMILES string of the molecule is CCOC(=O)Cn1cc(C=C2SC(=Nc3cccc(C(=O)OC(C)C)c3)N(C)C2=O)c2ccccc21. The Morgan fingerprint density at radius 3 is 2.67 bits per heavy atom. The fourth-order valence-electron chi connectivity index (χ4n) is 3.75. The first kappa shape index (κ1) is 25.2. The maximum absolute atomic E-state index is 13.0. The van der Waals surface area contributed by atoms with E-state index in [9.17, 15) is 14.4 Å². The Morgan fingerprint density at radius 2 is 1.92 bits per heavy atom. The van der Waals surface area contributed by atoms with Crippen LogP contribution in [0.2, 0.25) is 0 Å². The van der Waals surface area contributed by atoms with Crippen LogP contribution in [-0.2, 0) is 25.6 Å². The molecule has 1 amide bonds. The number of aromatic nitrogens is 1. The molecule has 0 saturated carbocycles. The molecule has 1 aromatic heterocycles. The van der Waals surface area contributed by atoms with Crippen LogP contribution in [0.1, 0.15) is 36.7 Å². The number of nitrogens with zero attached hydrogens (tertiary/aromatic N) is 3. The standard InChI is InChI=1S/C27H27N3O5S/c1-5-34-24(31)16-30-15-19(21-11-6-7-12-22(21)30)14-23-25(32)29(4)27(36-23)28-20-10-8-9-18(13-20)26(33)35-17(2)3/h6-15,17H,5,16H2,1-4H3. The molecule has 8 nitrogen and oxygen atoms in total. The minimum absolute atomic E-state index is 0.0841. The Hall–Kier alpha value is -3.85. The van der Waals surface area contributed by atoms with Gasteiger partial charge in [0.05, 0.1) is 28.9 Å². The second-order valence-electron chi connectivity index (χ2n) is 8.41. The largest absolute Gasteiger partial charge is 0.465 e. The molecule has 36 heavy (non-hydrogen) atoms. The predicted molar refractivity (Wildman–Crippen MR) is 141 cm³/mol. The molecule has 2 heterocycles. The summed E-state index contributed by atoms with van der Waals surface area (Å²) >= 11 is 1.25. The highest BCUT2D eigenvalue weighted by molar-refractivity contribution is 8.18. The fourth-order valence-corrected chi connectivity index (χ4v) is 4.73. The van der Waals surface area contributed by atoms with Crippen molar-refractivity contribution in [3.63, 3.8) is 0 Å². The number of para-hydroxylation sites is 1. The van der Waals surface area contributed by atoms with Gasteiger partial charge < -0.3 is 14.0 Å². The first-order valence-corrected chi connectivity index (χ1v) is 12.4. The van der Waals surface area contributed by atoms with E-state index in [0.29, 0.717) is 27.9 Å². The number of ether oxygens (including phenoxy) is 2. The van der Waals surface area contributed by atoms with Crippen LogP contribution in [0.3, 0.4) is 0 Å². The zero-order valence-corrected chi connectivity index (χ0v) is 21.4. The van der Waals surface area contributed by atoms with Crippen molar-refractivity contribution in [3.8, 4) is 0 Å². The van der Waals surface area contributed by atoms with Crippen molar-refractivity contribution in [2.45, 2.75) is 33.4 Å². The van der Waals surface area contributed by atoms with Gasteiger partial charge in [0.25, 0.3) is 5.91 Å². The molecular formula is C27H27N3O5S. The highest BCUT2D eigenvalue weighted by Gasteiger charge is 2.31. The van der Waals surface area contributed by atoms with E-state index in [1.807, 2.05) is 41.1 Å². The average Bonchev–Trinajstić information content (AvgIpc) is 3.31. The van der Waals surface area contributed by atoms with E-state index in [-0.39, 0.29) is 24.5 Å². The summed E-state index contributed by atoms with van der Waals surface area (Å²) in [5.74, 6) is -0.927. The molecule has 1 saturated heterocycles.